The number of rotatable bonds is 4. The topological polar surface area (TPSA) is 42.1 Å². The van der Waals surface area contributed by atoms with Crippen LogP contribution in [0.5, 0.6) is 0 Å². The van der Waals surface area contributed by atoms with Crippen LogP contribution in [0.2, 0.25) is 0 Å². The van der Waals surface area contributed by atoms with E-state index in [2.05, 4.69) is 54.4 Å². The summed E-state index contributed by atoms with van der Waals surface area (Å²) in [5.74, 6) is 0. The number of thiazole rings is 1. The van der Waals surface area contributed by atoms with Gasteiger partial charge in [-0.25, -0.2) is 4.98 Å². The second kappa shape index (κ2) is 5.72. The smallest absolute Gasteiger partial charge is 0.109 e. The summed E-state index contributed by atoms with van der Waals surface area (Å²) in [7, 11) is 2.10. The molecule has 0 radical (unpaired) electrons. The highest BCUT2D eigenvalue weighted by atomic mass is 32.1. The number of aromatic nitrogens is 1. The van der Waals surface area contributed by atoms with Crippen LogP contribution in [0, 0.1) is 13.8 Å². The Bertz CT molecular complexity index is 560. The maximum Gasteiger partial charge on any atom is 0.109 e. The monoisotopic (exact) mass is 275 g/mol. The molecule has 0 spiro atoms. The SMILES string of the molecule is Cc1ccc(N(C)Cc2csc(C(C)N)n2)c(C)c1. The molecule has 0 aliphatic carbocycles. The van der Waals surface area contributed by atoms with Gasteiger partial charge in [0.15, 0.2) is 0 Å². The lowest BCUT2D eigenvalue weighted by atomic mass is 10.1. The summed E-state index contributed by atoms with van der Waals surface area (Å²) in [6, 6.07) is 6.54. The van der Waals surface area contributed by atoms with Crippen molar-refractivity contribution in [3.63, 3.8) is 0 Å². The highest BCUT2D eigenvalue weighted by molar-refractivity contribution is 7.09. The van der Waals surface area contributed by atoms with Gasteiger partial charge in [0.2, 0.25) is 0 Å². The molecule has 0 aliphatic rings. The first-order valence-corrected chi connectivity index (χ1v) is 7.33. The maximum absolute atomic E-state index is 5.84. The molecule has 0 amide bonds. The minimum atomic E-state index is 0.0187. The van der Waals surface area contributed by atoms with Gasteiger partial charge in [-0.05, 0) is 32.4 Å². The first kappa shape index (κ1) is 14.0. The van der Waals surface area contributed by atoms with Crippen LogP contribution in [-0.4, -0.2) is 12.0 Å². The molecule has 0 bridgehead atoms. The molecule has 0 saturated heterocycles. The molecule has 1 aromatic heterocycles. The van der Waals surface area contributed by atoms with E-state index in [1.165, 1.54) is 16.8 Å². The third-order valence-electron chi connectivity index (χ3n) is 3.12. The summed E-state index contributed by atoms with van der Waals surface area (Å²) in [6.45, 7) is 7.04. The van der Waals surface area contributed by atoms with Crippen LogP contribution < -0.4 is 10.6 Å². The molecular weight excluding hydrogens is 254 g/mol. The van der Waals surface area contributed by atoms with Gasteiger partial charge in [0.25, 0.3) is 0 Å². The lowest BCUT2D eigenvalue weighted by Gasteiger charge is -2.20. The van der Waals surface area contributed by atoms with Crippen molar-refractivity contribution in [2.75, 3.05) is 11.9 Å². The van der Waals surface area contributed by atoms with Gasteiger partial charge in [0.1, 0.15) is 5.01 Å². The Morgan fingerprint density at radius 1 is 1.37 bits per heavy atom. The van der Waals surface area contributed by atoms with Crippen LogP contribution in [-0.2, 0) is 6.54 Å². The van der Waals surface area contributed by atoms with E-state index in [9.17, 15) is 0 Å². The average molecular weight is 275 g/mol. The van der Waals surface area contributed by atoms with Crippen LogP contribution in [0.1, 0.15) is 34.8 Å². The Labute approximate surface area is 119 Å². The fraction of sp³-hybridized carbons (Fsp3) is 0.400. The molecule has 2 rings (SSSR count). The summed E-state index contributed by atoms with van der Waals surface area (Å²) in [5.41, 5.74) is 10.8. The number of benzene rings is 1. The van der Waals surface area contributed by atoms with Crippen LogP contribution in [0.3, 0.4) is 0 Å². The first-order valence-electron chi connectivity index (χ1n) is 6.45. The summed E-state index contributed by atoms with van der Waals surface area (Å²) in [5, 5.41) is 3.10. The van der Waals surface area contributed by atoms with Crippen LogP contribution in [0.25, 0.3) is 0 Å². The molecule has 2 N–H and O–H groups in total. The van der Waals surface area contributed by atoms with Crippen molar-refractivity contribution >= 4 is 17.0 Å². The van der Waals surface area contributed by atoms with Gasteiger partial charge in [-0.1, -0.05) is 17.7 Å². The van der Waals surface area contributed by atoms with E-state index >= 15 is 0 Å². The molecule has 0 saturated carbocycles. The second-order valence-electron chi connectivity index (χ2n) is 5.11. The molecule has 0 fully saturated rings. The number of hydrogen-bond donors (Lipinski definition) is 1. The Hall–Kier alpha value is -1.39. The highest BCUT2D eigenvalue weighted by Crippen LogP contribution is 2.23. The molecule has 4 heteroatoms. The zero-order valence-corrected chi connectivity index (χ0v) is 12.8. The van der Waals surface area contributed by atoms with Crippen molar-refractivity contribution in [1.82, 2.24) is 4.98 Å². The summed E-state index contributed by atoms with van der Waals surface area (Å²) >= 11 is 1.64. The van der Waals surface area contributed by atoms with Crippen molar-refractivity contribution in [1.29, 1.82) is 0 Å². The van der Waals surface area contributed by atoms with Gasteiger partial charge in [-0.15, -0.1) is 11.3 Å². The van der Waals surface area contributed by atoms with Crippen molar-refractivity contribution in [3.8, 4) is 0 Å². The van der Waals surface area contributed by atoms with Gasteiger partial charge < -0.3 is 10.6 Å². The molecule has 19 heavy (non-hydrogen) atoms. The minimum absolute atomic E-state index is 0.0187. The average Bonchev–Trinajstić information content (AvgIpc) is 2.77. The normalized spacial score (nSPS) is 12.5. The summed E-state index contributed by atoms with van der Waals surface area (Å²) in [4.78, 5) is 6.81. The van der Waals surface area contributed by atoms with Crippen molar-refractivity contribution in [2.24, 2.45) is 5.73 Å². The van der Waals surface area contributed by atoms with E-state index < -0.39 is 0 Å². The van der Waals surface area contributed by atoms with Crippen molar-refractivity contribution in [2.45, 2.75) is 33.4 Å². The minimum Gasteiger partial charge on any atom is -0.368 e. The third kappa shape index (κ3) is 3.33. The molecule has 1 aromatic carbocycles. The molecule has 2 aromatic rings. The Morgan fingerprint density at radius 3 is 2.68 bits per heavy atom. The standard InChI is InChI=1S/C15H21N3S/c1-10-5-6-14(11(2)7-10)18(4)8-13-9-19-15(17-13)12(3)16/h5-7,9,12H,8,16H2,1-4H3. The Kier molecular flexibility index (Phi) is 4.22. The van der Waals surface area contributed by atoms with Crippen LogP contribution in [0.15, 0.2) is 23.6 Å². The number of nitrogens with two attached hydrogens (primary N) is 1. The van der Waals surface area contributed by atoms with E-state index in [4.69, 9.17) is 5.73 Å². The number of aryl methyl sites for hydroxylation is 2. The zero-order chi connectivity index (χ0) is 14.0. The van der Waals surface area contributed by atoms with Gasteiger partial charge in [-0.3, -0.25) is 0 Å². The molecule has 0 aliphatic heterocycles. The Morgan fingerprint density at radius 2 is 2.11 bits per heavy atom. The molecular formula is C15H21N3S. The van der Waals surface area contributed by atoms with E-state index in [-0.39, 0.29) is 6.04 Å². The van der Waals surface area contributed by atoms with Crippen molar-refractivity contribution < 1.29 is 0 Å². The summed E-state index contributed by atoms with van der Waals surface area (Å²) < 4.78 is 0. The number of nitrogens with zero attached hydrogens (tertiary/aromatic N) is 2. The van der Waals surface area contributed by atoms with E-state index in [1.54, 1.807) is 11.3 Å². The lowest BCUT2D eigenvalue weighted by Crippen LogP contribution is -2.18. The van der Waals surface area contributed by atoms with Crippen molar-refractivity contribution in [3.05, 3.63) is 45.4 Å². The third-order valence-corrected chi connectivity index (χ3v) is 4.22. The Balaban J connectivity index is 2.13. The van der Waals surface area contributed by atoms with Crippen LogP contribution in [0.4, 0.5) is 5.69 Å². The molecule has 1 atom stereocenters. The van der Waals surface area contributed by atoms with E-state index in [0.717, 1.165) is 17.2 Å². The van der Waals surface area contributed by atoms with E-state index in [0.29, 0.717) is 0 Å². The molecule has 3 nitrogen and oxygen atoms in total. The highest BCUT2D eigenvalue weighted by Gasteiger charge is 2.10. The fourth-order valence-electron chi connectivity index (χ4n) is 2.17. The quantitative estimate of drug-likeness (QED) is 0.929. The fourth-order valence-corrected chi connectivity index (χ4v) is 2.93. The largest absolute Gasteiger partial charge is 0.368 e. The van der Waals surface area contributed by atoms with Gasteiger partial charge >= 0.3 is 0 Å². The number of hydrogen-bond acceptors (Lipinski definition) is 4. The summed E-state index contributed by atoms with van der Waals surface area (Å²) in [6.07, 6.45) is 0. The second-order valence-corrected chi connectivity index (χ2v) is 6.00. The van der Waals surface area contributed by atoms with Gasteiger partial charge in [0.05, 0.1) is 18.3 Å². The lowest BCUT2D eigenvalue weighted by molar-refractivity contribution is 0.790. The predicted octanol–water partition coefficient (Wildman–Crippen LogP) is 3.42. The zero-order valence-electron chi connectivity index (χ0n) is 12.0. The molecule has 1 heterocycles. The first-order chi connectivity index (χ1) is 8.97. The van der Waals surface area contributed by atoms with Gasteiger partial charge in [-0.2, -0.15) is 0 Å². The van der Waals surface area contributed by atoms with Crippen LogP contribution >= 0.6 is 11.3 Å². The maximum atomic E-state index is 5.84. The van der Waals surface area contributed by atoms with Gasteiger partial charge in [0, 0.05) is 18.1 Å². The molecule has 1 unspecified atom stereocenters. The molecule has 102 valence electrons. The predicted molar refractivity (Wildman–Crippen MR) is 82.7 cm³/mol. The number of anilines is 1. The van der Waals surface area contributed by atoms with E-state index in [1.807, 2.05) is 6.92 Å².